The van der Waals surface area contributed by atoms with E-state index in [4.69, 9.17) is 9.47 Å². The van der Waals surface area contributed by atoms with Crippen molar-refractivity contribution in [1.82, 2.24) is 5.32 Å². The molecule has 0 aliphatic carbocycles. The Bertz CT molecular complexity index is 959. The number of rotatable bonds is 9. The highest BCUT2D eigenvalue weighted by Gasteiger charge is 2.25. The second-order valence-electron chi connectivity index (χ2n) is 6.70. The predicted molar refractivity (Wildman–Crippen MR) is 114 cm³/mol. The molecule has 0 bridgehead atoms. The maximum absolute atomic E-state index is 12.7. The average molecular weight is 421 g/mol. The molecule has 158 valence electrons. The highest BCUT2D eigenvalue weighted by Crippen LogP contribution is 2.29. The molecule has 8 heteroatoms. The molecule has 2 rings (SSSR count). The molecule has 0 spiro atoms. The monoisotopic (exact) mass is 420 g/mol. The lowest BCUT2D eigenvalue weighted by Gasteiger charge is -2.25. The third kappa shape index (κ3) is 5.63. The van der Waals surface area contributed by atoms with Crippen molar-refractivity contribution in [3.63, 3.8) is 0 Å². The van der Waals surface area contributed by atoms with Crippen LogP contribution in [0.25, 0.3) is 0 Å². The van der Waals surface area contributed by atoms with Crippen molar-refractivity contribution in [2.75, 3.05) is 31.3 Å². The van der Waals surface area contributed by atoms with Gasteiger partial charge in [-0.05, 0) is 42.7 Å². The van der Waals surface area contributed by atoms with Gasteiger partial charge in [-0.15, -0.1) is 0 Å². The molecule has 1 N–H and O–H groups in total. The third-order valence-corrected chi connectivity index (χ3v) is 5.73. The van der Waals surface area contributed by atoms with Gasteiger partial charge in [0.2, 0.25) is 15.9 Å². The molecule has 0 aromatic heterocycles. The summed E-state index contributed by atoms with van der Waals surface area (Å²) in [5, 5.41) is 2.93. The van der Waals surface area contributed by atoms with Crippen molar-refractivity contribution in [3.05, 3.63) is 53.6 Å². The molecule has 0 aliphatic rings. The van der Waals surface area contributed by atoms with Crippen LogP contribution < -0.4 is 19.1 Å². The van der Waals surface area contributed by atoms with Crippen molar-refractivity contribution in [2.24, 2.45) is 0 Å². The second-order valence-corrected chi connectivity index (χ2v) is 8.61. The van der Waals surface area contributed by atoms with Gasteiger partial charge in [0.1, 0.15) is 18.0 Å². The number of carbonyl (C=O) groups excluding carboxylic acids is 1. The van der Waals surface area contributed by atoms with E-state index in [1.54, 1.807) is 31.4 Å². The van der Waals surface area contributed by atoms with Crippen LogP contribution in [0.1, 0.15) is 30.5 Å². The number of hydrogen-bond acceptors (Lipinski definition) is 5. The van der Waals surface area contributed by atoms with Crippen molar-refractivity contribution < 1.29 is 22.7 Å². The summed E-state index contributed by atoms with van der Waals surface area (Å²) in [6.07, 6.45) is 1.72. The van der Waals surface area contributed by atoms with Crippen LogP contribution in [0.3, 0.4) is 0 Å². The molecule has 1 atom stereocenters. The van der Waals surface area contributed by atoms with Crippen LogP contribution in [0.15, 0.2) is 42.5 Å². The Morgan fingerprint density at radius 1 is 1.10 bits per heavy atom. The Kier molecular flexibility index (Phi) is 7.50. The summed E-state index contributed by atoms with van der Waals surface area (Å²) >= 11 is 0. The van der Waals surface area contributed by atoms with Crippen molar-refractivity contribution in [1.29, 1.82) is 0 Å². The maximum atomic E-state index is 12.7. The number of methoxy groups -OCH3 is 2. The summed E-state index contributed by atoms with van der Waals surface area (Å²) in [6.45, 7) is 3.55. The molecule has 0 fully saturated rings. The standard InChI is InChI=1S/C21H28N2O5S/c1-6-17(16-11-12-19(27-3)15(2)13-16)22-21(24)14-23(29(5,25)26)18-9-7-8-10-20(18)28-4/h7-13,17H,6,14H2,1-5H3,(H,22,24)/t17-/m0/s1. The summed E-state index contributed by atoms with van der Waals surface area (Å²) < 4.78 is 36.3. The number of para-hydroxylation sites is 2. The van der Waals surface area contributed by atoms with Gasteiger partial charge in [-0.2, -0.15) is 0 Å². The van der Waals surface area contributed by atoms with Gasteiger partial charge in [-0.3, -0.25) is 9.10 Å². The van der Waals surface area contributed by atoms with E-state index < -0.39 is 15.9 Å². The SMILES string of the molecule is CC[C@H](NC(=O)CN(c1ccccc1OC)S(C)(=O)=O)c1ccc(OC)c(C)c1. The topological polar surface area (TPSA) is 84.9 Å². The first-order valence-electron chi connectivity index (χ1n) is 9.25. The molecule has 0 unspecified atom stereocenters. The molecule has 1 amide bonds. The molecule has 2 aromatic carbocycles. The molecule has 7 nitrogen and oxygen atoms in total. The molecule has 2 aromatic rings. The van der Waals surface area contributed by atoms with E-state index in [0.29, 0.717) is 17.9 Å². The van der Waals surface area contributed by atoms with Gasteiger partial charge >= 0.3 is 0 Å². The van der Waals surface area contributed by atoms with Crippen LogP contribution >= 0.6 is 0 Å². The normalized spacial score (nSPS) is 12.2. The van der Waals surface area contributed by atoms with Crippen molar-refractivity contribution in [2.45, 2.75) is 26.3 Å². The first-order chi connectivity index (χ1) is 13.7. The first-order valence-corrected chi connectivity index (χ1v) is 11.1. The minimum absolute atomic E-state index is 0.244. The smallest absolute Gasteiger partial charge is 0.241 e. The molecule has 0 heterocycles. The number of ether oxygens (including phenoxy) is 2. The number of amides is 1. The molecule has 0 aliphatic heterocycles. The zero-order valence-corrected chi connectivity index (χ0v) is 18.2. The van der Waals surface area contributed by atoms with E-state index in [1.165, 1.54) is 7.11 Å². The Morgan fingerprint density at radius 3 is 2.31 bits per heavy atom. The number of carbonyl (C=O) groups is 1. The van der Waals surface area contributed by atoms with Gasteiger partial charge in [0.05, 0.1) is 32.2 Å². The van der Waals surface area contributed by atoms with Gasteiger partial charge in [0.15, 0.2) is 0 Å². The minimum Gasteiger partial charge on any atom is -0.496 e. The summed E-state index contributed by atoms with van der Waals surface area (Å²) in [6, 6.07) is 12.2. The zero-order valence-electron chi connectivity index (χ0n) is 17.4. The summed E-state index contributed by atoms with van der Waals surface area (Å²) in [7, 11) is -0.626. The molecule has 0 saturated heterocycles. The highest BCUT2D eigenvalue weighted by molar-refractivity contribution is 7.92. The fourth-order valence-corrected chi connectivity index (χ4v) is 3.99. The van der Waals surface area contributed by atoms with Gasteiger partial charge in [0.25, 0.3) is 0 Å². The van der Waals surface area contributed by atoms with Gasteiger partial charge in [-0.1, -0.05) is 31.2 Å². The van der Waals surface area contributed by atoms with Crippen LogP contribution in [-0.4, -0.2) is 41.3 Å². The van der Waals surface area contributed by atoms with E-state index in [0.717, 1.165) is 27.4 Å². The van der Waals surface area contributed by atoms with Crippen LogP contribution in [-0.2, 0) is 14.8 Å². The number of nitrogens with one attached hydrogen (secondary N) is 1. The molecule has 0 saturated carbocycles. The molecular weight excluding hydrogens is 392 g/mol. The highest BCUT2D eigenvalue weighted by atomic mass is 32.2. The Balaban J connectivity index is 2.24. The van der Waals surface area contributed by atoms with Crippen molar-refractivity contribution >= 4 is 21.6 Å². The third-order valence-electron chi connectivity index (χ3n) is 4.61. The zero-order chi connectivity index (χ0) is 21.6. The number of nitrogens with zero attached hydrogens (tertiary/aromatic N) is 1. The number of hydrogen-bond donors (Lipinski definition) is 1. The molecule has 29 heavy (non-hydrogen) atoms. The Hall–Kier alpha value is -2.74. The second kappa shape index (κ2) is 9.65. The van der Waals surface area contributed by atoms with E-state index in [9.17, 15) is 13.2 Å². The van der Waals surface area contributed by atoms with Crippen LogP contribution in [0.4, 0.5) is 5.69 Å². The lowest BCUT2D eigenvalue weighted by atomic mass is 10.0. The van der Waals surface area contributed by atoms with Crippen LogP contribution in [0.5, 0.6) is 11.5 Å². The van der Waals surface area contributed by atoms with Gasteiger partial charge in [0, 0.05) is 0 Å². The lowest BCUT2D eigenvalue weighted by molar-refractivity contribution is -0.120. The predicted octanol–water partition coefficient (Wildman–Crippen LogP) is 3.05. The molecular formula is C21H28N2O5S. The number of benzene rings is 2. The molecule has 0 radical (unpaired) electrons. The summed E-state index contributed by atoms with van der Waals surface area (Å²) in [5.74, 6) is 0.750. The van der Waals surface area contributed by atoms with Crippen LogP contribution in [0.2, 0.25) is 0 Å². The lowest BCUT2D eigenvalue weighted by Crippen LogP contribution is -2.41. The number of sulfonamides is 1. The summed E-state index contributed by atoms with van der Waals surface area (Å²) in [4.78, 5) is 12.7. The fraction of sp³-hybridized carbons (Fsp3) is 0.381. The van der Waals surface area contributed by atoms with Crippen LogP contribution in [0, 0.1) is 6.92 Å². The minimum atomic E-state index is -3.69. The first kappa shape index (κ1) is 22.5. The van der Waals surface area contributed by atoms with Gasteiger partial charge in [-0.25, -0.2) is 8.42 Å². The maximum Gasteiger partial charge on any atom is 0.241 e. The van der Waals surface area contributed by atoms with E-state index >= 15 is 0 Å². The largest absolute Gasteiger partial charge is 0.496 e. The number of anilines is 1. The van der Waals surface area contributed by atoms with Crippen molar-refractivity contribution in [3.8, 4) is 11.5 Å². The quantitative estimate of drug-likeness (QED) is 0.674. The summed E-state index contributed by atoms with van der Waals surface area (Å²) in [5.41, 5.74) is 2.22. The van der Waals surface area contributed by atoms with E-state index in [1.807, 2.05) is 32.0 Å². The van der Waals surface area contributed by atoms with E-state index in [2.05, 4.69) is 5.32 Å². The Labute approximate surface area is 172 Å². The number of aryl methyl sites for hydroxylation is 1. The average Bonchev–Trinajstić information content (AvgIpc) is 2.69. The Morgan fingerprint density at radius 2 is 1.76 bits per heavy atom. The van der Waals surface area contributed by atoms with Gasteiger partial charge < -0.3 is 14.8 Å². The fourth-order valence-electron chi connectivity index (χ4n) is 3.13. The van der Waals surface area contributed by atoms with E-state index in [-0.39, 0.29) is 12.6 Å².